The molecule has 1 saturated heterocycles. The highest BCUT2D eigenvalue weighted by atomic mass is 16.5. The SMILES string of the molecule is CC(C)Oc1ccc(C(=O)N2CCC(Oc3cccnn3)C2)cn1. The normalized spacial score (nSPS) is 17.1. The van der Waals surface area contributed by atoms with Gasteiger partial charge in [-0.2, -0.15) is 5.10 Å². The summed E-state index contributed by atoms with van der Waals surface area (Å²) < 4.78 is 11.2. The molecule has 0 bridgehead atoms. The molecule has 3 rings (SSSR count). The molecule has 1 amide bonds. The topological polar surface area (TPSA) is 77.4 Å². The van der Waals surface area contributed by atoms with E-state index < -0.39 is 0 Å². The Hall–Kier alpha value is -2.70. The number of aromatic nitrogens is 3. The van der Waals surface area contributed by atoms with Gasteiger partial charge in [-0.15, -0.1) is 5.10 Å². The van der Waals surface area contributed by atoms with Gasteiger partial charge in [0.15, 0.2) is 0 Å². The molecule has 1 aliphatic heterocycles. The smallest absolute Gasteiger partial charge is 0.255 e. The molecule has 7 heteroatoms. The van der Waals surface area contributed by atoms with E-state index in [1.54, 1.807) is 41.6 Å². The third kappa shape index (κ3) is 3.98. The number of nitrogens with zero attached hydrogens (tertiary/aromatic N) is 4. The van der Waals surface area contributed by atoms with Crippen LogP contribution in [0.15, 0.2) is 36.7 Å². The van der Waals surface area contributed by atoms with E-state index in [0.29, 0.717) is 30.4 Å². The number of likely N-dealkylation sites (tertiary alicyclic amines) is 1. The van der Waals surface area contributed by atoms with Crippen molar-refractivity contribution in [3.8, 4) is 11.8 Å². The first kappa shape index (κ1) is 16.2. The molecular formula is C17H20N4O3. The van der Waals surface area contributed by atoms with E-state index in [4.69, 9.17) is 9.47 Å². The van der Waals surface area contributed by atoms with Crippen molar-refractivity contribution >= 4 is 5.91 Å². The number of ether oxygens (including phenoxy) is 2. The third-order valence-corrected chi connectivity index (χ3v) is 3.61. The van der Waals surface area contributed by atoms with Gasteiger partial charge in [-0.1, -0.05) is 0 Å². The molecule has 0 aliphatic carbocycles. The van der Waals surface area contributed by atoms with Crippen molar-refractivity contribution < 1.29 is 14.3 Å². The molecule has 0 radical (unpaired) electrons. The van der Waals surface area contributed by atoms with Gasteiger partial charge in [0, 0.05) is 37.5 Å². The summed E-state index contributed by atoms with van der Waals surface area (Å²) in [5.41, 5.74) is 0.547. The van der Waals surface area contributed by atoms with Crippen LogP contribution in [0.1, 0.15) is 30.6 Å². The third-order valence-electron chi connectivity index (χ3n) is 3.61. The zero-order valence-corrected chi connectivity index (χ0v) is 13.8. The van der Waals surface area contributed by atoms with Crippen LogP contribution in [0, 0.1) is 0 Å². The Balaban J connectivity index is 1.58. The molecule has 1 aliphatic rings. The van der Waals surface area contributed by atoms with Gasteiger partial charge in [0.25, 0.3) is 5.91 Å². The maximum atomic E-state index is 12.5. The highest BCUT2D eigenvalue weighted by Gasteiger charge is 2.28. The van der Waals surface area contributed by atoms with Crippen molar-refractivity contribution in [2.24, 2.45) is 0 Å². The van der Waals surface area contributed by atoms with Crippen LogP contribution >= 0.6 is 0 Å². The van der Waals surface area contributed by atoms with Crippen molar-refractivity contribution in [2.75, 3.05) is 13.1 Å². The summed E-state index contributed by atoms with van der Waals surface area (Å²) in [7, 11) is 0. The first-order valence-corrected chi connectivity index (χ1v) is 7.98. The van der Waals surface area contributed by atoms with Crippen LogP contribution in [0.5, 0.6) is 11.8 Å². The molecule has 0 spiro atoms. The monoisotopic (exact) mass is 328 g/mol. The van der Waals surface area contributed by atoms with E-state index in [1.807, 2.05) is 13.8 Å². The fourth-order valence-electron chi connectivity index (χ4n) is 2.53. The maximum absolute atomic E-state index is 12.5. The Bertz CT molecular complexity index is 676. The Kier molecular flexibility index (Phi) is 4.88. The zero-order valence-electron chi connectivity index (χ0n) is 13.8. The number of hydrogen-bond donors (Lipinski definition) is 0. The molecule has 3 heterocycles. The van der Waals surface area contributed by atoms with Crippen molar-refractivity contribution in [3.05, 3.63) is 42.2 Å². The molecule has 0 N–H and O–H groups in total. The first-order chi connectivity index (χ1) is 11.6. The highest BCUT2D eigenvalue weighted by Crippen LogP contribution is 2.18. The minimum atomic E-state index is -0.0674. The fraction of sp³-hybridized carbons (Fsp3) is 0.412. The van der Waals surface area contributed by atoms with Gasteiger partial charge >= 0.3 is 0 Å². The molecule has 1 atom stereocenters. The molecule has 1 unspecified atom stereocenters. The molecule has 24 heavy (non-hydrogen) atoms. The quantitative estimate of drug-likeness (QED) is 0.835. The van der Waals surface area contributed by atoms with Crippen molar-refractivity contribution in [1.82, 2.24) is 20.1 Å². The average molecular weight is 328 g/mol. The molecule has 2 aromatic heterocycles. The van der Waals surface area contributed by atoms with Crippen LogP contribution in [0.3, 0.4) is 0 Å². The minimum absolute atomic E-state index is 0.0520. The lowest BCUT2D eigenvalue weighted by molar-refractivity contribution is 0.0770. The van der Waals surface area contributed by atoms with Crippen LogP contribution in [-0.4, -0.2) is 51.3 Å². The van der Waals surface area contributed by atoms with Gasteiger partial charge < -0.3 is 14.4 Å². The summed E-state index contributed by atoms with van der Waals surface area (Å²) >= 11 is 0. The predicted molar refractivity (Wildman–Crippen MR) is 87.0 cm³/mol. The zero-order chi connectivity index (χ0) is 16.9. The summed E-state index contributed by atoms with van der Waals surface area (Å²) in [6, 6.07) is 6.99. The number of hydrogen-bond acceptors (Lipinski definition) is 6. The summed E-state index contributed by atoms with van der Waals surface area (Å²) in [5, 5.41) is 7.69. The van der Waals surface area contributed by atoms with Gasteiger partial charge in [0.2, 0.25) is 11.8 Å². The molecule has 7 nitrogen and oxygen atoms in total. The summed E-state index contributed by atoms with van der Waals surface area (Å²) in [5.74, 6) is 0.948. The Morgan fingerprint density at radius 3 is 2.83 bits per heavy atom. The molecule has 0 aromatic carbocycles. The van der Waals surface area contributed by atoms with Gasteiger partial charge in [-0.3, -0.25) is 4.79 Å². The number of rotatable bonds is 5. The number of carbonyl (C=O) groups is 1. The number of amides is 1. The number of carbonyl (C=O) groups excluding carboxylic acids is 1. The van der Waals surface area contributed by atoms with Crippen LogP contribution < -0.4 is 9.47 Å². The second-order valence-electron chi connectivity index (χ2n) is 5.89. The lowest BCUT2D eigenvalue weighted by atomic mass is 10.2. The van der Waals surface area contributed by atoms with Crippen molar-refractivity contribution in [2.45, 2.75) is 32.5 Å². The Labute approximate surface area is 140 Å². The largest absolute Gasteiger partial charge is 0.475 e. The van der Waals surface area contributed by atoms with E-state index in [9.17, 15) is 4.79 Å². The average Bonchev–Trinajstić information content (AvgIpc) is 3.04. The summed E-state index contributed by atoms with van der Waals surface area (Å²) in [4.78, 5) is 18.5. The molecule has 2 aromatic rings. The van der Waals surface area contributed by atoms with E-state index in [2.05, 4.69) is 15.2 Å². The molecule has 0 saturated carbocycles. The second kappa shape index (κ2) is 7.25. The van der Waals surface area contributed by atoms with Crippen LogP contribution in [0.25, 0.3) is 0 Å². The van der Waals surface area contributed by atoms with Gasteiger partial charge in [-0.05, 0) is 26.0 Å². The van der Waals surface area contributed by atoms with Gasteiger partial charge in [0.1, 0.15) is 6.10 Å². The maximum Gasteiger partial charge on any atom is 0.255 e. The van der Waals surface area contributed by atoms with E-state index in [-0.39, 0.29) is 18.1 Å². The molecular weight excluding hydrogens is 308 g/mol. The Morgan fingerprint density at radius 2 is 2.17 bits per heavy atom. The minimum Gasteiger partial charge on any atom is -0.475 e. The van der Waals surface area contributed by atoms with Crippen molar-refractivity contribution in [3.63, 3.8) is 0 Å². The van der Waals surface area contributed by atoms with E-state index >= 15 is 0 Å². The van der Waals surface area contributed by atoms with Crippen LogP contribution in [0.4, 0.5) is 0 Å². The molecule has 126 valence electrons. The van der Waals surface area contributed by atoms with E-state index in [1.165, 1.54) is 0 Å². The first-order valence-electron chi connectivity index (χ1n) is 7.98. The van der Waals surface area contributed by atoms with Crippen molar-refractivity contribution in [1.29, 1.82) is 0 Å². The lowest BCUT2D eigenvalue weighted by Gasteiger charge is -2.17. The molecule has 1 fully saturated rings. The standard InChI is InChI=1S/C17H20N4O3/c1-12(2)23-15-6-5-13(10-18-15)17(22)21-9-7-14(11-21)24-16-4-3-8-19-20-16/h3-6,8,10,12,14H,7,9,11H2,1-2H3. The fourth-order valence-corrected chi connectivity index (χ4v) is 2.53. The second-order valence-corrected chi connectivity index (χ2v) is 5.89. The summed E-state index contributed by atoms with van der Waals surface area (Å²) in [6.07, 6.45) is 3.90. The van der Waals surface area contributed by atoms with E-state index in [0.717, 1.165) is 6.42 Å². The summed E-state index contributed by atoms with van der Waals surface area (Å²) in [6.45, 7) is 5.04. The van der Waals surface area contributed by atoms with Gasteiger partial charge in [-0.25, -0.2) is 4.98 Å². The number of pyridine rings is 1. The van der Waals surface area contributed by atoms with Gasteiger partial charge in [0.05, 0.1) is 18.2 Å². The highest BCUT2D eigenvalue weighted by molar-refractivity contribution is 5.94. The predicted octanol–water partition coefficient (Wildman–Crippen LogP) is 1.95. The van der Waals surface area contributed by atoms with Crippen LogP contribution in [0.2, 0.25) is 0 Å². The lowest BCUT2D eigenvalue weighted by Crippen LogP contribution is -2.31. The van der Waals surface area contributed by atoms with Crippen LogP contribution in [-0.2, 0) is 0 Å². The Morgan fingerprint density at radius 1 is 1.29 bits per heavy atom.